The van der Waals surface area contributed by atoms with Gasteiger partial charge in [-0.15, -0.1) is 0 Å². The molecule has 0 bridgehead atoms. The van der Waals surface area contributed by atoms with Crippen molar-refractivity contribution in [3.8, 4) is 0 Å². The molecule has 2 rings (SSSR count). The van der Waals surface area contributed by atoms with Crippen LogP contribution in [0.15, 0.2) is 29.3 Å². The molecular weight excluding hydrogens is 379 g/mol. The van der Waals surface area contributed by atoms with Crippen LogP contribution in [0.2, 0.25) is 0 Å². The molecule has 0 aliphatic carbocycles. The van der Waals surface area contributed by atoms with Crippen LogP contribution in [0.4, 0.5) is 10.1 Å². The molecule has 0 spiro atoms. The van der Waals surface area contributed by atoms with E-state index in [-0.39, 0.29) is 18.1 Å². The summed E-state index contributed by atoms with van der Waals surface area (Å²) in [5.41, 5.74) is -1.47. The summed E-state index contributed by atoms with van der Waals surface area (Å²) in [6.07, 6.45) is 0. The topological polar surface area (TPSA) is 58.5 Å². The molecule has 1 saturated heterocycles. The Balaban J connectivity index is 2.38. The highest BCUT2D eigenvalue weighted by molar-refractivity contribution is 6.70. The van der Waals surface area contributed by atoms with Gasteiger partial charge >= 0.3 is 0 Å². The average Bonchev–Trinajstić information content (AvgIpc) is 2.59. The van der Waals surface area contributed by atoms with E-state index in [4.69, 9.17) is 46.4 Å². The second-order valence-corrected chi connectivity index (χ2v) is 7.95. The van der Waals surface area contributed by atoms with Crippen LogP contribution in [0.25, 0.3) is 0 Å². The lowest BCUT2D eigenvalue weighted by Gasteiger charge is -2.38. The number of quaternary nitrogens is 2. The summed E-state index contributed by atoms with van der Waals surface area (Å²) in [7, 11) is 1.22. The number of amidine groups is 1. The van der Waals surface area contributed by atoms with Crippen molar-refractivity contribution in [3.63, 3.8) is 0 Å². The number of hydrogen-bond acceptors (Lipinski definition) is 3. The molecule has 1 aliphatic rings. The van der Waals surface area contributed by atoms with Gasteiger partial charge in [-0.2, -0.15) is 0 Å². The largest absolute Gasteiger partial charge is 0.623 e. The predicted octanol–water partition coefficient (Wildman–Crippen LogP) is 3.88. The van der Waals surface area contributed by atoms with Crippen molar-refractivity contribution < 1.29 is 9.04 Å². The van der Waals surface area contributed by atoms with E-state index in [0.717, 1.165) is 6.07 Å². The zero-order valence-corrected chi connectivity index (χ0v) is 14.4. The zero-order valence-electron chi connectivity index (χ0n) is 11.3. The molecule has 0 aromatic heterocycles. The van der Waals surface area contributed by atoms with Crippen LogP contribution in [-0.2, 0) is 0 Å². The molecule has 122 valence electrons. The first-order chi connectivity index (χ1) is 9.96. The van der Waals surface area contributed by atoms with Gasteiger partial charge in [0.1, 0.15) is 0 Å². The molecule has 1 aromatic rings. The maximum Gasteiger partial charge on any atom is 0.261 e. The van der Waals surface area contributed by atoms with Crippen LogP contribution < -0.4 is 4.65 Å². The second-order valence-electron chi connectivity index (χ2n) is 5.16. The Kier molecular flexibility index (Phi) is 4.98. The fraction of sp³-hybridized carbons (Fsp3) is 0.417. The highest BCUT2D eigenvalue weighted by atomic mass is 35.6. The monoisotopic (exact) mass is 389 g/mol. The van der Waals surface area contributed by atoms with E-state index >= 15 is 0 Å². The first kappa shape index (κ1) is 18.2. The number of alkyl halides is 4. The number of halogens is 5. The van der Waals surface area contributed by atoms with Crippen LogP contribution >= 0.6 is 46.4 Å². The lowest BCUT2D eigenvalue weighted by molar-refractivity contribution is -0.766. The number of nitrogens with zero attached hydrogens (tertiary/aromatic N) is 3. The summed E-state index contributed by atoms with van der Waals surface area (Å²) in [6, 6.07) is 5.47. The first-order valence-corrected chi connectivity index (χ1v) is 7.70. The third-order valence-corrected chi connectivity index (χ3v) is 4.65. The maximum atomic E-state index is 13.9. The summed E-state index contributed by atoms with van der Waals surface area (Å²) in [5, 5.41) is 25.3. The van der Waals surface area contributed by atoms with Crippen molar-refractivity contribution in [2.24, 2.45) is 4.99 Å². The molecule has 0 N–H and O–H groups in total. The molecule has 1 fully saturated rings. The van der Waals surface area contributed by atoms with Gasteiger partial charge in [0.05, 0.1) is 7.05 Å². The van der Waals surface area contributed by atoms with Crippen LogP contribution in [-0.4, -0.2) is 40.0 Å². The average molecular weight is 391 g/mol. The van der Waals surface area contributed by atoms with Gasteiger partial charge in [0.25, 0.3) is 5.84 Å². The molecule has 0 saturated carbocycles. The molecule has 0 amide bonds. The number of hydrogen-bond donors (Lipinski definition) is 0. The lowest BCUT2D eigenvalue weighted by Crippen LogP contribution is -2.46. The molecule has 10 heteroatoms. The summed E-state index contributed by atoms with van der Waals surface area (Å²) in [5.74, 6) is -0.799. The van der Waals surface area contributed by atoms with Crippen molar-refractivity contribution >= 4 is 57.9 Å². The Morgan fingerprint density at radius 1 is 1.27 bits per heavy atom. The van der Waals surface area contributed by atoms with Gasteiger partial charge in [-0.05, 0) is 6.07 Å². The normalized spacial score (nSPS) is 32.5. The molecule has 5 nitrogen and oxygen atoms in total. The third-order valence-electron chi connectivity index (χ3n) is 3.27. The highest BCUT2D eigenvalue weighted by Crippen LogP contribution is 2.37. The Morgan fingerprint density at radius 3 is 2.41 bits per heavy atom. The number of aliphatic imine (C=N–C) groups is 1. The van der Waals surface area contributed by atoms with Gasteiger partial charge in [0.2, 0.25) is 10.5 Å². The molecule has 1 aliphatic heterocycles. The van der Waals surface area contributed by atoms with Crippen LogP contribution in [0, 0.1) is 16.2 Å². The minimum Gasteiger partial charge on any atom is -0.623 e. The fourth-order valence-corrected chi connectivity index (χ4v) is 2.52. The van der Waals surface area contributed by atoms with Crippen molar-refractivity contribution in [1.29, 1.82) is 0 Å². The number of benzene rings is 1. The molecular formula is C12H12Cl4FN3O2. The standard InChI is InChI=1S/C12H12Cl4FN3O2/c1-19(21)7-20(22,9-5-3-2-4-8(9)17)6-10(19)18-11(13)12(14,15)16/h2-5,11H,6-7H2,1H3. The Hall–Kier alpha value is -0.180. The number of rotatable bonds is 2. The Bertz CT molecular complexity index is 608. The molecule has 22 heavy (non-hydrogen) atoms. The summed E-state index contributed by atoms with van der Waals surface area (Å²) in [4.78, 5) is 3.86. The smallest absolute Gasteiger partial charge is 0.261 e. The first-order valence-electron chi connectivity index (χ1n) is 6.13. The molecule has 1 heterocycles. The van der Waals surface area contributed by atoms with E-state index in [9.17, 15) is 14.8 Å². The second kappa shape index (κ2) is 6.03. The highest BCUT2D eigenvalue weighted by Gasteiger charge is 2.46. The van der Waals surface area contributed by atoms with Crippen LogP contribution in [0.5, 0.6) is 0 Å². The Morgan fingerprint density at radius 2 is 1.86 bits per heavy atom. The summed E-state index contributed by atoms with van der Waals surface area (Å²) in [6.45, 7) is -0.853. The molecule has 1 aromatic carbocycles. The van der Waals surface area contributed by atoms with Gasteiger partial charge in [0.15, 0.2) is 23.6 Å². The van der Waals surface area contributed by atoms with Crippen LogP contribution in [0.1, 0.15) is 0 Å². The van der Waals surface area contributed by atoms with E-state index in [1.807, 2.05) is 0 Å². The quantitative estimate of drug-likeness (QED) is 0.333. The van der Waals surface area contributed by atoms with Crippen molar-refractivity contribution in [2.45, 2.75) is 9.29 Å². The predicted molar refractivity (Wildman–Crippen MR) is 88.2 cm³/mol. The molecule has 0 radical (unpaired) electrons. The van der Waals surface area contributed by atoms with E-state index in [2.05, 4.69) is 4.99 Å². The molecule has 3 atom stereocenters. The zero-order chi connectivity index (χ0) is 16.8. The third kappa shape index (κ3) is 3.66. The summed E-state index contributed by atoms with van der Waals surface area (Å²) < 4.78 is 9.65. The minimum atomic E-state index is -1.92. The lowest BCUT2D eigenvalue weighted by atomic mass is 10.3. The van der Waals surface area contributed by atoms with Gasteiger partial charge in [0, 0.05) is 6.07 Å². The fourth-order valence-electron chi connectivity index (χ4n) is 2.26. The minimum absolute atomic E-state index is 0.107. The Labute approximate surface area is 146 Å². The van der Waals surface area contributed by atoms with Crippen molar-refractivity contribution in [3.05, 3.63) is 40.5 Å². The van der Waals surface area contributed by atoms with Crippen molar-refractivity contribution in [2.75, 3.05) is 20.3 Å². The van der Waals surface area contributed by atoms with E-state index in [0.29, 0.717) is 0 Å². The molecule has 3 unspecified atom stereocenters. The van der Waals surface area contributed by atoms with Gasteiger partial charge in [-0.1, -0.05) is 58.5 Å². The van der Waals surface area contributed by atoms with E-state index in [1.165, 1.54) is 25.2 Å². The van der Waals surface area contributed by atoms with Crippen LogP contribution in [0.3, 0.4) is 0 Å². The van der Waals surface area contributed by atoms with E-state index in [1.54, 1.807) is 0 Å². The van der Waals surface area contributed by atoms with Gasteiger partial charge < -0.3 is 10.4 Å². The van der Waals surface area contributed by atoms with Crippen molar-refractivity contribution in [1.82, 2.24) is 4.65 Å². The number of hydroxylamine groups is 5. The van der Waals surface area contributed by atoms with E-state index < -0.39 is 31.1 Å². The van der Waals surface area contributed by atoms with Gasteiger partial charge in [-0.3, -0.25) is 9.29 Å². The summed E-state index contributed by atoms with van der Waals surface area (Å²) >= 11 is 22.6. The number of likely N-dealkylation sites (N-methyl/N-ethyl adjacent to an activating group) is 1. The van der Waals surface area contributed by atoms with Gasteiger partial charge in [-0.25, -0.2) is 9.38 Å². The number of para-hydroxylation sites is 1. The SMILES string of the molecule is C[N+]1([O-])C[N+]([O-])(c2ccccc2F)CC1=NC(Cl)C(Cl)(Cl)Cl. The maximum absolute atomic E-state index is 13.9.